The minimum atomic E-state index is 0.549. The molecule has 0 radical (unpaired) electrons. The number of nitrogens with one attached hydrogen (secondary N) is 2. The first-order valence-corrected chi connectivity index (χ1v) is 9.02. The lowest BCUT2D eigenvalue weighted by molar-refractivity contribution is 0.655. The lowest BCUT2D eigenvalue weighted by atomic mass is 10.1. The summed E-state index contributed by atoms with van der Waals surface area (Å²) in [7, 11) is 1.94. The maximum Gasteiger partial charge on any atom is 0.191 e. The second kappa shape index (κ2) is 8.05. The fraction of sp³-hybridized carbons (Fsp3) is 0.474. The molecule has 1 aromatic carbocycles. The van der Waals surface area contributed by atoms with Crippen molar-refractivity contribution in [3.63, 3.8) is 0 Å². The first kappa shape index (κ1) is 17.3. The van der Waals surface area contributed by atoms with E-state index in [1.165, 1.54) is 11.3 Å². The van der Waals surface area contributed by atoms with E-state index in [1.54, 1.807) is 6.20 Å². The lowest BCUT2D eigenvalue weighted by Gasteiger charge is -2.25. The van der Waals surface area contributed by atoms with Crippen molar-refractivity contribution in [2.75, 3.05) is 24.5 Å². The van der Waals surface area contributed by atoms with Crippen LogP contribution in [0.1, 0.15) is 25.1 Å². The quantitative estimate of drug-likeness (QED) is 0.623. The zero-order valence-electron chi connectivity index (χ0n) is 15.4. The number of anilines is 1. The lowest BCUT2D eigenvalue weighted by Crippen LogP contribution is -2.42. The van der Waals surface area contributed by atoms with E-state index < -0.39 is 0 Å². The van der Waals surface area contributed by atoms with E-state index in [0.29, 0.717) is 12.6 Å². The first-order valence-electron chi connectivity index (χ1n) is 9.02. The average Bonchev–Trinajstić information content (AvgIpc) is 3.15. The van der Waals surface area contributed by atoms with Gasteiger partial charge in [0.25, 0.3) is 0 Å². The highest BCUT2D eigenvalue weighted by Gasteiger charge is 2.24. The van der Waals surface area contributed by atoms with E-state index >= 15 is 0 Å². The normalized spacial score (nSPS) is 16.8. The molecule has 1 aliphatic rings. The van der Waals surface area contributed by atoms with Gasteiger partial charge < -0.3 is 15.5 Å². The Hall–Kier alpha value is -2.50. The molecule has 25 heavy (non-hydrogen) atoms. The van der Waals surface area contributed by atoms with Crippen LogP contribution in [0.4, 0.5) is 5.69 Å². The zero-order chi connectivity index (χ0) is 17.6. The van der Waals surface area contributed by atoms with E-state index in [-0.39, 0.29) is 0 Å². The predicted molar refractivity (Wildman–Crippen MR) is 103 cm³/mol. The summed E-state index contributed by atoms with van der Waals surface area (Å²) in [6.45, 7) is 7.67. The van der Waals surface area contributed by atoms with Crippen molar-refractivity contribution in [1.29, 1.82) is 0 Å². The van der Waals surface area contributed by atoms with Gasteiger partial charge in [-0.15, -0.1) is 0 Å². The van der Waals surface area contributed by atoms with E-state index in [2.05, 4.69) is 63.7 Å². The van der Waals surface area contributed by atoms with E-state index in [9.17, 15) is 0 Å². The summed E-state index contributed by atoms with van der Waals surface area (Å²) in [6, 6.07) is 11.3. The average molecular weight is 340 g/mol. The van der Waals surface area contributed by atoms with Gasteiger partial charge in [0.2, 0.25) is 0 Å². The minimum Gasteiger partial charge on any atom is -0.367 e. The topological polar surface area (TPSA) is 57.5 Å². The van der Waals surface area contributed by atoms with Crippen LogP contribution in [-0.4, -0.2) is 41.4 Å². The number of hydrogen-bond donors (Lipinski definition) is 2. The van der Waals surface area contributed by atoms with Gasteiger partial charge >= 0.3 is 0 Å². The Morgan fingerprint density at radius 3 is 2.88 bits per heavy atom. The van der Waals surface area contributed by atoms with Gasteiger partial charge in [-0.1, -0.05) is 18.2 Å². The van der Waals surface area contributed by atoms with E-state index in [1.807, 2.05) is 17.8 Å². The molecular weight excluding hydrogens is 312 g/mol. The monoisotopic (exact) mass is 340 g/mol. The molecule has 6 nitrogen and oxygen atoms in total. The van der Waals surface area contributed by atoms with Crippen molar-refractivity contribution >= 4 is 11.6 Å². The fourth-order valence-electron chi connectivity index (χ4n) is 3.32. The highest BCUT2D eigenvalue weighted by molar-refractivity contribution is 5.79. The molecule has 134 valence electrons. The molecule has 2 heterocycles. The molecule has 1 atom stereocenters. The highest BCUT2D eigenvalue weighted by atomic mass is 15.3. The van der Waals surface area contributed by atoms with Crippen molar-refractivity contribution in [2.24, 2.45) is 12.0 Å². The Balaban J connectivity index is 1.56. The largest absolute Gasteiger partial charge is 0.367 e. The van der Waals surface area contributed by atoms with Gasteiger partial charge in [-0.2, -0.15) is 5.10 Å². The van der Waals surface area contributed by atoms with Crippen LogP contribution in [0.3, 0.4) is 0 Å². The van der Waals surface area contributed by atoms with Gasteiger partial charge in [-0.05, 0) is 38.0 Å². The second-order valence-electron chi connectivity index (χ2n) is 6.44. The van der Waals surface area contributed by atoms with Gasteiger partial charge in [-0.25, -0.2) is 4.99 Å². The molecule has 0 aliphatic carbocycles. The van der Waals surface area contributed by atoms with Crippen LogP contribution in [0.2, 0.25) is 0 Å². The second-order valence-corrected chi connectivity index (χ2v) is 6.44. The maximum atomic E-state index is 4.66. The number of rotatable bonds is 6. The van der Waals surface area contributed by atoms with Crippen molar-refractivity contribution in [3.05, 3.63) is 47.8 Å². The molecule has 1 unspecified atom stereocenters. The van der Waals surface area contributed by atoms with Crippen LogP contribution < -0.4 is 15.5 Å². The molecule has 1 aromatic heterocycles. The first-order chi connectivity index (χ1) is 12.2. The van der Waals surface area contributed by atoms with Crippen LogP contribution in [0.15, 0.2) is 41.5 Å². The van der Waals surface area contributed by atoms with Crippen molar-refractivity contribution in [1.82, 2.24) is 20.4 Å². The zero-order valence-corrected chi connectivity index (χ0v) is 15.4. The standard InChI is InChI=1S/C19H28N6/c1-4-20-19(22-14-17-9-10-23-24(17)3)21-11-12-25-15(2)13-16-7-5-6-8-18(16)25/h5-10,15H,4,11-14H2,1-3H3,(H2,20,21,22). The number of para-hydroxylation sites is 1. The Morgan fingerprint density at radius 2 is 2.12 bits per heavy atom. The summed E-state index contributed by atoms with van der Waals surface area (Å²) in [5.41, 5.74) is 3.92. The molecular formula is C19H28N6. The van der Waals surface area contributed by atoms with Crippen LogP contribution in [0, 0.1) is 0 Å². The summed E-state index contributed by atoms with van der Waals surface area (Å²) >= 11 is 0. The van der Waals surface area contributed by atoms with E-state index in [0.717, 1.165) is 37.7 Å². The van der Waals surface area contributed by atoms with Crippen LogP contribution in [-0.2, 0) is 20.0 Å². The SMILES string of the molecule is CCNC(=NCc1ccnn1C)NCCN1c2ccccc2CC1C. The maximum absolute atomic E-state index is 4.66. The third-order valence-corrected chi connectivity index (χ3v) is 4.66. The molecule has 0 amide bonds. The molecule has 0 saturated heterocycles. The molecule has 0 bridgehead atoms. The highest BCUT2D eigenvalue weighted by Crippen LogP contribution is 2.31. The molecule has 0 spiro atoms. The number of aromatic nitrogens is 2. The molecule has 1 aliphatic heterocycles. The Labute approximate surface area is 149 Å². The number of aryl methyl sites for hydroxylation is 1. The summed E-state index contributed by atoms with van der Waals surface area (Å²) < 4.78 is 1.86. The molecule has 0 fully saturated rings. The molecule has 3 rings (SSSR count). The Kier molecular flexibility index (Phi) is 5.58. The van der Waals surface area contributed by atoms with Crippen molar-refractivity contribution in [2.45, 2.75) is 32.9 Å². The van der Waals surface area contributed by atoms with Crippen LogP contribution >= 0.6 is 0 Å². The van der Waals surface area contributed by atoms with Crippen molar-refractivity contribution < 1.29 is 0 Å². The summed E-state index contributed by atoms with van der Waals surface area (Å²) in [6.07, 6.45) is 2.93. The van der Waals surface area contributed by atoms with Gasteiger partial charge in [0.15, 0.2) is 5.96 Å². The fourth-order valence-corrected chi connectivity index (χ4v) is 3.32. The van der Waals surface area contributed by atoms with Gasteiger partial charge in [0, 0.05) is 44.6 Å². The third kappa shape index (κ3) is 4.13. The molecule has 2 aromatic rings. The summed E-state index contributed by atoms with van der Waals surface area (Å²) in [4.78, 5) is 7.14. The minimum absolute atomic E-state index is 0.549. The number of benzene rings is 1. The Bertz CT molecular complexity index is 720. The smallest absolute Gasteiger partial charge is 0.191 e. The number of fused-ring (bicyclic) bond motifs is 1. The van der Waals surface area contributed by atoms with Gasteiger partial charge in [-0.3, -0.25) is 4.68 Å². The van der Waals surface area contributed by atoms with Gasteiger partial charge in [0.1, 0.15) is 0 Å². The number of guanidine groups is 1. The summed E-state index contributed by atoms with van der Waals surface area (Å²) in [5.74, 6) is 0.851. The van der Waals surface area contributed by atoms with Gasteiger partial charge in [0.05, 0.1) is 12.2 Å². The third-order valence-electron chi connectivity index (χ3n) is 4.66. The Morgan fingerprint density at radius 1 is 1.28 bits per heavy atom. The van der Waals surface area contributed by atoms with E-state index in [4.69, 9.17) is 0 Å². The van der Waals surface area contributed by atoms with Crippen LogP contribution in [0.5, 0.6) is 0 Å². The molecule has 6 heteroatoms. The predicted octanol–water partition coefficient (Wildman–Crippen LogP) is 1.93. The van der Waals surface area contributed by atoms with Crippen LogP contribution in [0.25, 0.3) is 0 Å². The molecule has 0 saturated carbocycles. The van der Waals surface area contributed by atoms with Crippen molar-refractivity contribution in [3.8, 4) is 0 Å². The molecule has 2 N–H and O–H groups in total. The number of hydrogen-bond acceptors (Lipinski definition) is 3. The summed E-state index contributed by atoms with van der Waals surface area (Å²) in [5, 5.41) is 10.9. The number of nitrogens with zero attached hydrogens (tertiary/aromatic N) is 4. The number of aliphatic imine (C=N–C) groups is 1.